The molecule has 0 aromatic heterocycles. The summed E-state index contributed by atoms with van der Waals surface area (Å²) < 4.78 is 17.0. The third-order valence-corrected chi connectivity index (χ3v) is 7.54. The molecule has 0 saturated carbocycles. The maximum atomic E-state index is 11.8. The first-order valence-corrected chi connectivity index (χ1v) is 15.8. The number of alkyl carbamates (subject to hydrolysis) is 1. The number of carbonyl (C=O) groups excluding carboxylic acids is 2. The number of aliphatic hydroxyl groups is 1. The summed E-state index contributed by atoms with van der Waals surface area (Å²) in [6.45, 7) is 10.2. The van der Waals surface area contributed by atoms with E-state index in [9.17, 15) is 19.5 Å². The third kappa shape index (κ3) is 13.9. The number of aliphatic carboxylic acids is 1. The van der Waals surface area contributed by atoms with Crippen molar-refractivity contribution >= 4 is 41.2 Å². The Morgan fingerprint density at radius 1 is 1.02 bits per heavy atom. The second-order valence-corrected chi connectivity index (χ2v) is 12.9. The fourth-order valence-electron chi connectivity index (χ4n) is 4.89. The van der Waals surface area contributed by atoms with Crippen LogP contribution in [0.2, 0.25) is 10.0 Å². The number of hydrogen-bond donors (Lipinski definition) is 4. The van der Waals surface area contributed by atoms with E-state index in [1.807, 2.05) is 20.8 Å². The lowest BCUT2D eigenvalue weighted by atomic mass is 10.1. The SMILES string of the molecule is CC(C)(C)OC(=O)NCCN1CC2CN(C[C@H](O)COc3ccc(C#N)cc3)CC(C1)O2.O=C(O)CNC(=O)c1ccc(Cl)c(Cl)c1. The molecule has 2 heterocycles. The molecular weight excluding hydrogens is 653 g/mol. The number of carboxylic acids is 1. The summed E-state index contributed by atoms with van der Waals surface area (Å²) in [6.07, 6.45) is -0.848. The van der Waals surface area contributed by atoms with Gasteiger partial charge in [0.15, 0.2) is 0 Å². The van der Waals surface area contributed by atoms with Gasteiger partial charge in [-0.15, -0.1) is 0 Å². The van der Waals surface area contributed by atoms with Gasteiger partial charge in [-0.3, -0.25) is 19.4 Å². The first kappa shape index (κ1) is 37.8. The molecule has 4 N–H and O–H groups in total. The van der Waals surface area contributed by atoms with Crippen molar-refractivity contribution in [3.63, 3.8) is 0 Å². The number of halogens is 2. The zero-order valence-electron chi connectivity index (χ0n) is 26.6. The van der Waals surface area contributed by atoms with Crippen LogP contribution in [0.3, 0.4) is 0 Å². The highest BCUT2D eigenvalue weighted by Gasteiger charge is 2.35. The van der Waals surface area contributed by atoms with E-state index in [4.69, 9.17) is 47.8 Å². The Labute approximate surface area is 284 Å². The second-order valence-electron chi connectivity index (χ2n) is 12.1. The lowest BCUT2D eigenvalue weighted by Gasteiger charge is -2.46. The molecule has 2 aliphatic rings. The summed E-state index contributed by atoms with van der Waals surface area (Å²) in [6, 6.07) is 13.2. The van der Waals surface area contributed by atoms with Crippen molar-refractivity contribution in [1.82, 2.24) is 20.4 Å². The predicted molar refractivity (Wildman–Crippen MR) is 175 cm³/mol. The van der Waals surface area contributed by atoms with Crippen LogP contribution in [0.15, 0.2) is 42.5 Å². The van der Waals surface area contributed by atoms with Gasteiger partial charge in [-0.05, 0) is 63.2 Å². The van der Waals surface area contributed by atoms with Crippen LogP contribution in [0.5, 0.6) is 5.75 Å². The lowest BCUT2D eigenvalue weighted by Crippen LogP contribution is -2.61. The van der Waals surface area contributed by atoms with Gasteiger partial charge in [0.05, 0.1) is 33.9 Å². The molecule has 2 bridgehead atoms. The number of carboxylic acid groups (broad SMARTS) is 1. The molecular formula is C32H41Cl2N5O8. The topological polar surface area (TPSA) is 174 Å². The maximum Gasteiger partial charge on any atom is 0.407 e. The number of rotatable bonds is 11. The largest absolute Gasteiger partial charge is 0.491 e. The lowest BCUT2D eigenvalue weighted by molar-refractivity contribution is -0.142. The Bertz CT molecular complexity index is 1390. The maximum absolute atomic E-state index is 11.8. The van der Waals surface area contributed by atoms with E-state index in [2.05, 4.69) is 26.5 Å². The molecule has 2 aromatic rings. The van der Waals surface area contributed by atoms with Gasteiger partial charge in [0.25, 0.3) is 5.91 Å². The fraction of sp³-hybridized carbons (Fsp3) is 0.500. The van der Waals surface area contributed by atoms with Gasteiger partial charge < -0.3 is 35.1 Å². The minimum atomic E-state index is -1.11. The molecule has 0 aliphatic carbocycles. The van der Waals surface area contributed by atoms with Gasteiger partial charge >= 0.3 is 12.1 Å². The van der Waals surface area contributed by atoms with E-state index in [1.165, 1.54) is 18.2 Å². The predicted octanol–water partition coefficient (Wildman–Crippen LogP) is 3.02. The van der Waals surface area contributed by atoms with Gasteiger partial charge in [0.2, 0.25) is 0 Å². The second kappa shape index (κ2) is 18.1. The average Bonchev–Trinajstić information content (AvgIpc) is 2.99. The minimum absolute atomic E-state index is 0.0793. The first-order valence-electron chi connectivity index (χ1n) is 15.0. The Morgan fingerprint density at radius 2 is 1.66 bits per heavy atom. The van der Waals surface area contributed by atoms with Crippen molar-refractivity contribution in [1.29, 1.82) is 5.26 Å². The van der Waals surface area contributed by atoms with Crippen molar-refractivity contribution in [2.45, 2.75) is 44.7 Å². The molecule has 2 aromatic carbocycles. The molecule has 0 radical (unpaired) electrons. The van der Waals surface area contributed by atoms with Crippen LogP contribution in [0.25, 0.3) is 0 Å². The van der Waals surface area contributed by atoms with Crippen molar-refractivity contribution in [2.75, 3.05) is 59.0 Å². The highest BCUT2D eigenvalue weighted by atomic mass is 35.5. The van der Waals surface area contributed by atoms with Crippen LogP contribution in [0.1, 0.15) is 36.7 Å². The minimum Gasteiger partial charge on any atom is -0.491 e. The Balaban J connectivity index is 0.000000335. The first-order chi connectivity index (χ1) is 22.2. The van der Waals surface area contributed by atoms with Crippen molar-refractivity contribution in [3.05, 3.63) is 63.6 Å². The Hall–Kier alpha value is -3.64. The van der Waals surface area contributed by atoms with E-state index in [-0.39, 0.29) is 29.4 Å². The summed E-state index contributed by atoms with van der Waals surface area (Å²) in [5.74, 6) is -0.975. The number of hydrogen-bond acceptors (Lipinski definition) is 10. The van der Waals surface area contributed by atoms with Crippen LogP contribution in [-0.4, -0.2) is 121 Å². The number of morpholine rings is 2. The van der Waals surface area contributed by atoms with Gasteiger partial charge in [-0.25, -0.2) is 4.79 Å². The van der Waals surface area contributed by atoms with Crippen LogP contribution in [0, 0.1) is 11.3 Å². The summed E-state index contributed by atoms with van der Waals surface area (Å²) in [5, 5.41) is 33.2. The highest BCUT2D eigenvalue weighted by molar-refractivity contribution is 6.42. The number of fused-ring (bicyclic) bond motifs is 2. The fourth-order valence-corrected chi connectivity index (χ4v) is 5.18. The number of benzene rings is 2. The van der Waals surface area contributed by atoms with E-state index in [0.717, 1.165) is 32.7 Å². The monoisotopic (exact) mass is 693 g/mol. The summed E-state index contributed by atoms with van der Waals surface area (Å²) in [4.78, 5) is 37.8. The smallest absolute Gasteiger partial charge is 0.407 e. The van der Waals surface area contributed by atoms with E-state index in [1.54, 1.807) is 24.3 Å². The standard InChI is InChI=1S/C23H34N4O5.C9H7Cl2NO3/c1-23(2,3)32-22(29)25-8-9-26-12-20-14-27(15-21(13-26)31-20)11-18(28)16-30-19-6-4-17(10-24)5-7-19;10-6-2-1-5(3-7(6)11)9(15)12-4-8(13)14/h4-7,18,20-21,28H,8-9,11-16H2,1-3H3,(H,25,29);1-3H,4H2,(H,12,15)(H,13,14)/t18-,20?,21?;/m0./s1. The summed E-state index contributed by atoms with van der Waals surface area (Å²) in [7, 11) is 0. The molecule has 15 heteroatoms. The molecule has 2 fully saturated rings. The van der Waals surface area contributed by atoms with Crippen molar-refractivity contribution in [2.24, 2.45) is 0 Å². The molecule has 0 spiro atoms. The number of aliphatic hydroxyl groups excluding tert-OH is 1. The summed E-state index contributed by atoms with van der Waals surface area (Å²) in [5.41, 5.74) is 0.347. The van der Waals surface area contributed by atoms with Gasteiger partial charge in [-0.2, -0.15) is 5.26 Å². The molecule has 2 aliphatic heterocycles. The number of ether oxygens (including phenoxy) is 3. The third-order valence-electron chi connectivity index (χ3n) is 6.81. The molecule has 2 unspecified atom stereocenters. The number of amides is 2. The molecule has 256 valence electrons. The number of nitrogens with one attached hydrogen (secondary N) is 2. The van der Waals surface area contributed by atoms with Gasteiger partial charge in [0.1, 0.15) is 30.6 Å². The quantitative estimate of drug-likeness (QED) is 0.272. The molecule has 2 saturated heterocycles. The van der Waals surface area contributed by atoms with E-state index in [0.29, 0.717) is 29.4 Å². The van der Waals surface area contributed by atoms with Gasteiger partial charge in [0, 0.05) is 51.4 Å². The number of nitriles is 1. The molecule has 3 atom stereocenters. The van der Waals surface area contributed by atoms with Crippen LogP contribution >= 0.6 is 23.2 Å². The van der Waals surface area contributed by atoms with Crippen LogP contribution in [-0.2, 0) is 14.3 Å². The normalized spacial score (nSPS) is 18.5. The number of β-amino-alcohol motifs (C(OH)–C–C–N with tert-alkyl or cyclic N) is 1. The highest BCUT2D eigenvalue weighted by Crippen LogP contribution is 2.22. The van der Waals surface area contributed by atoms with Crippen molar-refractivity contribution < 1.29 is 38.8 Å². The zero-order valence-corrected chi connectivity index (χ0v) is 28.1. The number of carbonyl (C=O) groups is 3. The molecule has 13 nitrogen and oxygen atoms in total. The molecule has 4 rings (SSSR count). The Kier molecular flexibility index (Phi) is 14.5. The van der Waals surface area contributed by atoms with Gasteiger partial charge in [-0.1, -0.05) is 23.2 Å². The molecule has 2 amide bonds. The van der Waals surface area contributed by atoms with Crippen molar-refractivity contribution in [3.8, 4) is 11.8 Å². The Morgan fingerprint density at radius 3 is 2.23 bits per heavy atom. The molecule has 47 heavy (non-hydrogen) atoms. The van der Waals surface area contributed by atoms with E-state index < -0.39 is 36.2 Å². The van der Waals surface area contributed by atoms with Crippen LogP contribution < -0.4 is 15.4 Å². The van der Waals surface area contributed by atoms with E-state index >= 15 is 0 Å². The summed E-state index contributed by atoms with van der Waals surface area (Å²) >= 11 is 11.3. The number of nitrogens with zero attached hydrogens (tertiary/aromatic N) is 3. The van der Waals surface area contributed by atoms with Crippen LogP contribution in [0.4, 0.5) is 4.79 Å². The zero-order chi connectivity index (χ0) is 34.6. The average molecular weight is 695 g/mol.